The lowest BCUT2D eigenvalue weighted by atomic mass is 10.3. The summed E-state index contributed by atoms with van der Waals surface area (Å²) in [5.74, 6) is -0.738. The van der Waals surface area contributed by atoms with Gasteiger partial charge in [-0.3, -0.25) is 9.59 Å². The van der Waals surface area contributed by atoms with Gasteiger partial charge in [-0.05, 0) is 38.1 Å². The molecule has 1 rings (SSSR count). The molecule has 0 unspecified atom stereocenters. The van der Waals surface area contributed by atoms with Crippen molar-refractivity contribution in [1.82, 2.24) is 5.32 Å². The summed E-state index contributed by atoms with van der Waals surface area (Å²) in [6.07, 6.45) is 0. The molecule has 1 aromatic rings. The maximum atomic E-state index is 11.8. The number of rotatable bonds is 5. The van der Waals surface area contributed by atoms with Crippen molar-refractivity contribution >= 4 is 39.5 Å². The van der Waals surface area contributed by atoms with E-state index in [4.69, 9.17) is 5.73 Å². The van der Waals surface area contributed by atoms with Crippen molar-refractivity contribution in [2.24, 2.45) is 5.73 Å². The molecule has 0 saturated heterocycles. The van der Waals surface area contributed by atoms with Crippen LogP contribution in [-0.4, -0.2) is 23.1 Å². The van der Waals surface area contributed by atoms with Crippen molar-refractivity contribution in [2.45, 2.75) is 30.0 Å². The topological polar surface area (TPSA) is 72.2 Å². The molecule has 98 valence electrons. The van der Waals surface area contributed by atoms with Gasteiger partial charge in [0.1, 0.15) is 6.04 Å². The fraction of sp³-hybridized carbons (Fsp3) is 0.333. The zero-order valence-electron chi connectivity index (χ0n) is 10.1. The number of benzene rings is 1. The van der Waals surface area contributed by atoms with Gasteiger partial charge in [0.2, 0.25) is 11.8 Å². The number of thioether (sulfide) groups is 1. The summed E-state index contributed by atoms with van der Waals surface area (Å²) in [5, 5.41) is 2.28. The van der Waals surface area contributed by atoms with E-state index in [1.165, 1.54) is 11.8 Å². The van der Waals surface area contributed by atoms with Crippen molar-refractivity contribution in [3.63, 3.8) is 0 Å². The Balaban J connectivity index is 2.54. The Morgan fingerprint density at radius 3 is 2.33 bits per heavy atom. The molecule has 0 radical (unpaired) electrons. The lowest BCUT2D eigenvalue weighted by molar-refractivity contribution is -0.126. The van der Waals surface area contributed by atoms with E-state index in [2.05, 4.69) is 21.2 Å². The number of carbonyl (C=O) groups excluding carboxylic acids is 2. The molecule has 2 atom stereocenters. The summed E-state index contributed by atoms with van der Waals surface area (Å²) in [6, 6.07) is 7.04. The van der Waals surface area contributed by atoms with E-state index in [1.807, 2.05) is 24.3 Å². The van der Waals surface area contributed by atoms with Crippen LogP contribution in [-0.2, 0) is 9.59 Å². The average Bonchev–Trinajstić information content (AvgIpc) is 2.31. The van der Waals surface area contributed by atoms with Crippen LogP contribution in [0.5, 0.6) is 0 Å². The highest BCUT2D eigenvalue weighted by atomic mass is 79.9. The molecule has 0 aliphatic rings. The molecule has 0 fully saturated rings. The van der Waals surface area contributed by atoms with Crippen LogP contribution in [0.25, 0.3) is 0 Å². The number of nitrogens with two attached hydrogens (primary N) is 1. The van der Waals surface area contributed by atoms with Crippen molar-refractivity contribution in [1.29, 1.82) is 0 Å². The van der Waals surface area contributed by atoms with E-state index in [-0.39, 0.29) is 11.2 Å². The van der Waals surface area contributed by atoms with Gasteiger partial charge in [-0.25, -0.2) is 0 Å². The van der Waals surface area contributed by atoms with E-state index < -0.39 is 11.9 Å². The Morgan fingerprint density at radius 2 is 1.83 bits per heavy atom. The van der Waals surface area contributed by atoms with Crippen LogP contribution in [0.3, 0.4) is 0 Å². The minimum Gasteiger partial charge on any atom is -0.368 e. The smallest absolute Gasteiger partial charge is 0.239 e. The highest BCUT2D eigenvalue weighted by molar-refractivity contribution is 9.10. The molecule has 3 N–H and O–H groups in total. The summed E-state index contributed by atoms with van der Waals surface area (Å²) in [6.45, 7) is 3.35. The van der Waals surface area contributed by atoms with Gasteiger partial charge in [-0.1, -0.05) is 15.9 Å². The molecule has 0 bridgehead atoms. The number of hydrogen-bond donors (Lipinski definition) is 2. The largest absolute Gasteiger partial charge is 0.368 e. The van der Waals surface area contributed by atoms with Gasteiger partial charge >= 0.3 is 0 Å². The van der Waals surface area contributed by atoms with Crippen molar-refractivity contribution in [3.05, 3.63) is 28.7 Å². The lowest BCUT2D eigenvalue weighted by Crippen LogP contribution is -2.44. The Labute approximate surface area is 119 Å². The first-order valence-electron chi connectivity index (χ1n) is 5.42. The average molecular weight is 331 g/mol. The van der Waals surface area contributed by atoms with Gasteiger partial charge in [0, 0.05) is 9.37 Å². The van der Waals surface area contributed by atoms with Crippen LogP contribution >= 0.6 is 27.7 Å². The molecule has 0 spiro atoms. The number of nitrogens with one attached hydrogen (secondary N) is 1. The summed E-state index contributed by atoms with van der Waals surface area (Å²) in [7, 11) is 0. The molecule has 0 heterocycles. The van der Waals surface area contributed by atoms with Crippen LogP contribution in [0.1, 0.15) is 13.8 Å². The second-order valence-corrected chi connectivity index (χ2v) is 6.18. The number of hydrogen-bond acceptors (Lipinski definition) is 3. The van der Waals surface area contributed by atoms with E-state index in [1.54, 1.807) is 13.8 Å². The third-order valence-electron chi connectivity index (χ3n) is 2.28. The second-order valence-electron chi connectivity index (χ2n) is 3.85. The Bertz CT molecular complexity index is 436. The standard InChI is InChI=1S/C12H15BrN2O2S/c1-7(11(14)16)15-12(17)8(2)18-10-5-3-9(13)4-6-10/h3-8H,1-2H3,(H2,14,16)(H,15,17)/t7-,8-/m0/s1. The van der Waals surface area contributed by atoms with E-state index in [0.29, 0.717) is 0 Å². The lowest BCUT2D eigenvalue weighted by Gasteiger charge is -2.15. The second kappa shape index (κ2) is 6.80. The van der Waals surface area contributed by atoms with Crippen molar-refractivity contribution in [3.8, 4) is 0 Å². The third-order valence-corrected chi connectivity index (χ3v) is 3.92. The fourth-order valence-electron chi connectivity index (χ4n) is 1.17. The molecule has 1 aromatic carbocycles. The minimum atomic E-state index is -0.648. The first kappa shape index (κ1) is 15.0. The molecular formula is C12H15BrN2O2S. The maximum absolute atomic E-state index is 11.8. The molecular weight excluding hydrogens is 316 g/mol. The summed E-state index contributed by atoms with van der Waals surface area (Å²) < 4.78 is 0.992. The van der Waals surface area contributed by atoms with Crippen LogP contribution in [0.2, 0.25) is 0 Å². The normalized spacial score (nSPS) is 13.7. The number of carbonyl (C=O) groups is 2. The van der Waals surface area contributed by atoms with Gasteiger partial charge in [0.25, 0.3) is 0 Å². The van der Waals surface area contributed by atoms with Crippen LogP contribution in [0.4, 0.5) is 0 Å². The summed E-state index contributed by atoms with van der Waals surface area (Å²) in [4.78, 5) is 23.6. The van der Waals surface area contributed by atoms with Gasteiger partial charge in [0.05, 0.1) is 5.25 Å². The van der Waals surface area contributed by atoms with Gasteiger partial charge in [0.15, 0.2) is 0 Å². The molecule has 18 heavy (non-hydrogen) atoms. The highest BCUT2D eigenvalue weighted by Gasteiger charge is 2.18. The highest BCUT2D eigenvalue weighted by Crippen LogP contribution is 2.24. The van der Waals surface area contributed by atoms with E-state index in [9.17, 15) is 9.59 Å². The minimum absolute atomic E-state index is 0.200. The summed E-state index contributed by atoms with van der Waals surface area (Å²) in [5.41, 5.74) is 5.09. The quantitative estimate of drug-likeness (QED) is 0.810. The van der Waals surface area contributed by atoms with Crippen LogP contribution < -0.4 is 11.1 Å². The predicted molar refractivity (Wildman–Crippen MR) is 76.3 cm³/mol. The van der Waals surface area contributed by atoms with Crippen molar-refractivity contribution in [2.75, 3.05) is 0 Å². The fourth-order valence-corrected chi connectivity index (χ4v) is 2.31. The third kappa shape index (κ3) is 4.70. The van der Waals surface area contributed by atoms with Crippen molar-refractivity contribution < 1.29 is 9.59 Å². The zero-order valence-corrected chi connectivity index (χ0v) is 12.5. The monoisotopic (exact) mass is 330 g/mol. The van der Waals surface area contributed by atoms with Gasteiger partial charge < -0.3 is 11.1 Å². The van der Waals surface area contributed by atoms with Gasteiger partial charge in [-0.15, -0.1) is 11.8 Å². The molecule has 0 aliphatic heterocycles. The Kier molecular flexibility index (Phi) is 5.68. The molecule has 0 saturated carbocycles. The maximum Gasteiger partial charge on any atom is 0.239 e. The predicted octanol–water partition coefficient (Wildman–Crippen LogP) is 1.92. The van der Waals surface area contributed by atoms with Gasteiger partial charge in [-0.2, -0.15) is 0 Å². The Morgan fingerprint density at radius 1 is 1.28 bits per heavy atom. The molecule has 6 heteroatoms. The SMILES string of the molecule is C[C@H](NC(=O)[C@H](C)Sc1ccc(Br)cc1)C(N)=O. The molecule has 4 nitrogen and oxygen atoms in total. The molecule has 0 aromatic heterocycles. The van der Waals surface area contributed by atoms with E-state index >= 15 is 0 Å². The first-order valence-corrected chi connectivity index (χ1v) is 7.09. The zero-order chi connectivity index (χ0) is 13.7. The van der Waals surface area contributed by atoms with E-state index in [0.717, 1.165) is 9.37 Å². The number of halogens is 1. The number of amides is 2. The van der Waals surface area contributed by atoms with Crippen LogP contribution in [0.15, 0.2) is 33.6 Å². The molecule has 2 amide bonds. The first-order chi connectivity index (χ1) is 8.40. The summed E-state index contributed by atoms with van der Waals surface area (Å²) >= 11 is 4.78. The molecule has 0 aliphatic carbocycles. The number of primary amides is 1. The Hall–Kier alpha value is -1.01. The van der Waals surface area contributed by atoms with Crippen LogP contribution in [0, 0.1) is 0 Å².